The maximum absolute atomic E-state index is 12.5. The number of aryl methyl sites for hydroxylation is 2. The monoisotopic (exact) mass is 365 g/mol. The van der Waals surface area contributed by atoms with Gasteiger partial charge >= 0.3 is 6.03 Å². The first-order valence-corrected chi connectivity index (χ1v) is 9.43. The van der Waals surface area contributed by atoms with Gasteiger partial charge in [0.2, 0.25) is 5.91 Å². The molecule has 5 heteroatoms. The van der Waals surface area contributed by atoms with Crippen LogP contribution in [0.4, 0.5) is 4.79 Å². The lowest BCUT2D eigenvalue weighted by Gasteiger charge is -2.18. The number of nitrogens with one attached hydrogen (secondary N) is 1. The molecule has 1 aliphatic rings. The summed E-state index contributed by atoms with van der Waals surface area (Å²) in [5, 5.41) is 2.91. The van der Waals surface area contributed by atoms with E-state index < -0.39 is 0 Å². The van der Waals surface area contributed by atoms with E-state index in [2.05, 4.69) is 42.6 Å². The normalized spacial score (nSPS) is 13.9. The summed E-state index contributed by atoms with van der Waals surface area (Å²) in [5.74, 6) is -0.104. The smallest absolute Gasteiger partial charge is 0.320 e. The zero-order valence-electron chi connectivity index (χ0n) is 16.1. The molecule has 0 radical (unpaired) electrons. The van der Waals surface area contributed by atoms with Crippen LogP contribution in [-0.4, -0.2) is 47.9 Å². The Kier molecular flexibility index (Phi) is 6.12. The first-order chi connectivity index (χ1) is 13.0. The van der Waals surface area contributed by atoms with Crippen LogP contribution in [0.15, 0.2) is 48.5 Å². The Labute approximate surface area is 161 Å². The van der Waals surface area contributed by atoms with Gasteiger partial charge < -0.3 is 15.1 Å². The number of urea groups is 1. The van der Waals surface area contributed by atoms with E-state index in [1.807, 2.05) is 25.1 Å². The second-order valence-corrected chi connectivity index (χ2v) is 7.20. The van der Waals surface area contributed by atoms with Gasteiger partial charge in [0.1, 0.15) is 6.54 Å². The number of hydrogen-bond acceptors (Lipinski definition) is 2. The van der Waals surface area contributed by atoms with Crippen LogP contribution >= 0.6 is 0 Å². The van der Waals surface area contributed by atoms with E-state index >= 15 is 0 Å². The highest BCUT2D eigenvalue weighted by Gasteiger charge is 2.29. The fraction of sp³-hybridized carbons (Fsp3) is 0.364. The van der Waals surface area contributed by atoms with Crippen LogP contribution in [0.2, 0.25) is 0 Å². The largest absolute Gasteiger partial charge is 0.354 e. The van der Waals surface area contributed by atoms with Crippen molar-refractivity contribution in [3.63, 3.8) is 0 Å². The summed E-state index contributed by atoms with van der Waals surface area (Å²) in [7, 11) is 0. The number of rotatable bonds is 7. The Hall–Kier alpha value is -2.82. The van der Waals surface area contributed by atoms with Crippen LogP contribution in [0.3, 0.4) is 0 Å². The van der Waals surface area contributed by atoms with Gasteiger partial charge in [0.15, 0.2) is 0 Å². The predicted molar refractivity (Wildman–Crippen MR) is 106 cm³/mol. The van der Waals surface area contributed by atoms with E-state index in [0.29, 0.717) is 26.2 Å². The number of amides is 3. The lowest BCUT2D eigenvalue weighted by Crippen LogP contribution is -2.40. The molecule has 1 fully saturated rings. The quantitative estimate of drug-likeness (QED) is 0.820. The molecule has 1 aliphatic heterocycles. The molecule has 0 saturated carbocycles. The van der Waals surface area contributed by atoms with Crippen LogP contribution in [0.5, 0.6) is 0 Å². The van der Waals surface area contributed by atoms with Crippen molar-refractivity contribution in [2.75, 3.05) is 26.2 Å². The number of hydrogen-bond donors (Lipinski definition) is 1. The number of carbonyl (C=O) groups is 2. The second kappa shape index (κ2) is 8.71. The molecule has 0 bridgehead atoms. The first kappa shape index (κ1) is 19.0. The van der Waals surface area contributed by atoms with Gasteiger partial charge in [-0.2, -0.15) is 0 Å². The van der Waals surface area contributed by atoms with Crippen LogP contribution in [0, 0.1) is 13.8 Å². The van der Waals surface area contributed by atoms with E-state index in [9.17, 15) is 9.59 Å². The van der Waals surface area contributed by atoms with Gasteiger partial charge in [-0.15, -0.1) is 0 Å². The lowest BCUT2D eigenvalue weighted by atomic mass is 10.1. The molecular formula is C22H27N3O2. The Morgan fingerprint density at radius 2 is 1.70 bits per heavy atom. The highest BCUT2D eigenvalue weighted by Crippen LogP contribution is 2.14. The summed E-state index contributed by atoms with van der Waals surface area (Å²) in [6.07, 6.45) is 0.791. The molecule has 0 aliphatic carbocycles. The lowest BCUT2D eigenvalue weighted by molar-refractivity contribution is -0.121. The van der Waals surface area contributed by atoms with Gasteiger partial charge in [-0.05, 0) is 31.4 Å². The highest BCUT2D eigenvalue weighted by atomic mass is 16.2. The second-order valence-electron chi connectivity index (χ2n) is 7.20. The molecule has 1 saturated heterocycles. The van der Waals surface area contributed by atoms with Crippen molar-refractivity contribution in [1.29, 1.82) is 0 Å². The van der Waals surface area contributed by atoms with Gasteiger partial charge in [0, 0.05) is 26.2 Å². The van der Waals surface area contributed by atoms with Crippen molar-refractivity contribution in [1.82, 2.24) is 15.1 Å². The SMILES string of the molecule is Cc1ccc(CCNC(=O)CN2CCN(Cc3cccc(C)c3)C2=O)cc1. The van der Waals surface area contributed by atoms with Gasteiger partial charge in [-0.1, -0.05) is 59.7 Å². The Morgan fingerprint density at radius 1 is 0.963 bits per heavy atom. The first-order valence-electron chi connectivity index (χ1n) is 9.43. The average Bonchev–Trinajstić information content (AvgIpc) is 2.97. The van der Waals surface area contributed by atoms with Gasteiger partial charge in [-0.25, -0.2) is 4.79 Å². The van der Waals surface area contributed by atoms with Crippen molar-refractivity contribution in [3.05, 3.63) is 70.8 Å². The van der Waals surface area contributed by atoms with Gasteiger partial charge in [0.25, 0.3) is 0 Å². The Morgan fingerprint density at radius 3 is 2.44 bits per heavy atom. The maximum atomic E-state index is 12.5. The summed E-state index contributed by atoms with van der Waals surface area (Å²) in [4.78, 5) is 28.1. The molecule has 142 valence electrons. The molecule has 0 aromatic heterocycles. The van der Waals surface area contributed by atoms with Gasteiger partial charge in [0.05, 0.1) is 0 Å². The third kappa shape index (κ3) is 5.33. The zero-order valence-corrected chi connectivity index (χ0v) is 16.1. The fourth-order valence-corrected chi connectivity index (χ4v) is 3.29. The molecular weight excluding hydrogens is 338 g/mol. The minimum atomic E-state index is -0.104. The van der Waals surface area contributed by atoms with Crippen LogP contribution in [-0.2, 0) is 17.8 Å². The number of nitrogens with zero attached hydrogens (tertiary/aromatic N) is 2. The fourth-order valence-electron chi connectivity index (χ4n) is 3.29. The third-order valence-corrected chi connectivity index (χ3v) is 4.83. The van der Waals surface area contributed by atoms with Crippen LogP contribution < -0.4 is 5.32 Å². The molecule has 27 heavy (non-hydrogen) atoms. The topological polar surface area (TPSA) is 52.7 Å². The summed E-state index contributed by atoms with van der Waals surface area (Å²) in [6, 6.07) is 16.4. The summed E-state index contributed by atoms with van der Waals surface area (Å²) >= 11 is 0. The molecule has 3 amide bonds. The average molecular weight is 365 g/mol. The van der Waals surface area contributed by atoms with E-state index in [1.54, 1.807) is 9.80 Å². The Bertz CT molecular complexity index is 801. The molecule has 0 atom stereocenters. The van der Waals surface area contributed by atoms with Crippen molar-refractivity contribution >= 4 is 11.9 Å². The van der Waals surface area contributed by atoms with Crippen LogP contribution in [0.1, 0.15) is 22.3 Å². The summed E-state index contributed by atoms with van der Waals surface area (Å²) in [6.45, 7) is 6.64. The van der Waals surface area contributed by atoms with E-state index in [-0.39, 0.29) is 18.5 Å². The molecule has 5 nitrogen and oxygen atoms in total. The minimum absolute atomic E-state index is 0.0646. The molecule has 1 heterocycles. The number of benzene rings is 2. The van der Waals surface area contributed by atoms with E-state index in [1.165, 1.54) is 16.7 Å². The van der Waals surface area contributed by atoms with Crippen molar-refractivity contribution in [2.24, 2.45) is 0 Å². The van der Waals surface area contributed by atoms with Crippen LogP contribution in [0.25, 0.3) is 0 Å². The zero-order chi connectivity index (χ0) is 19.2. The molecule has 0 spiro atoms. The Balaban J connectivity index is 1.43. The summed E-state index contributed by atoms with van der Waals surface area (Å²) in [5.41, 5.74) is 4.73. The summed E-state index contributed by atoms with van der Waals surface area (Å²) < 4.78 is 0. The highest BCUT2D eigenvalue weighted by molar-refractivity contribution is 5.85. The van der Waals surface area contributed by atoms with Crippen molar-refractivity contribution < 1.29 is 9.59 Å². The maximum Gasteiger partial charge on any atom is 0.320 e. The molecule has 2 aromatic carbocycles. The van der Waals surface area contributed by atoms with E-state index in [4.69, 9.17) is 0 Å². The predicted octanol–water partition coefficient (Wildman–Crippen LogP) is 2.90. The van der Waals surface area contributed by atoms with E-state index in [0.717, 1.165) is 12.0 Å². The minimum Gasteiger partial charge on any atom is -0.354 e. The van der Waals surface area contributed by atoms with Crippen molar-refractivity contribution in [3.8, 4) is 0 Å². The molecule has 3 rings (SSSR count). The standard InChI is InChI=1S/C22H27N3O2/c1-17-6-8-19(9-7-17)10-11-23-21(26)16-25-13-12-24(22(25)27)15-20-5-3-4-18(2)14-20/h3-9,14H,10-13,15-16H2,1-2H3,(H,23,26). The third-order valence-electron chi connectivity index (χ3n) is 4.83. The molecule has 2 aromatic rings. The molecule has 1 N–H and O–H groups in total. The van der Waals surface area contributed by atoms with Gasteiger partial charge in [-0.3, -0.25) is 4.79 Å². The molecule has 0 unspecified atom stereocenters. The van der Waals surface area contributed by atoms with Crippen molar-refractivity contribution in [2.45, 2.75) is 26.8 Å². The number of carbonyl (C=O) groups excluding carboxylic acids is 2.